The molecule has 0 atom stereocenters. The summed E-state index contributed by atoms with van der Waals surface area (Å²) in [6, 6.07) is 13.3. The summed E-state index contributed by atoms with van der Waals surface area (Å²) in [6.45, 7) is 0. The molecule has 0 unspecified atom stereocenters. The van der Waals surface area contributed by atoms with Crippen LogP contribution in [0.3, 0.4) is 0 Å². The fraction of sp³-hybridized carbons (Fsp3) is 0.182. The summed E-state index contributed by atoms with van der Waals surface area (Å²) in [4.78, 5) is 9.80. The second kappa shape index (κ2) is 9.29. The Kier molecular flexibility index (Phi) is 6.73. The monoisotopic (exact) mass is 534 g/mol. The van der Waals surface area contributed by atoms with Crippen LogP contribution in [0.2, 0.25) is 0 Å². The molecular weight excluding hydrogens is 513 g/mol. The molecule has 4 aromatic rings. The van der Waals surface area contributed by atoms with Crippen molar-refractivity contribution < 1.29 is 16.8 Å². The van der Waals surface area contributed by atoms with Gasteiger partial charge in [0.15, 0.2) is 10.0 Å². The Morgan fingerprint density at radius 2 is 0.912 bits per heavy atom. The maximum atomic E-state index is 12.3. The van der Waals surface area contributed by atoms with Crippen LogP contribution >= 0.6 is 22.7 Å². The summed E-state index contributed by atoms with van der Waals surface area (Å²) in [5, 5.41) is 5.32. The van der Waals surface area contributed by atoms with Crippen molar-refractivity contribution in [3.63, 3.8) is 0 Å². The van der Waals surface area contributed by atoms with Gasteiger partial charge >= 0.3 is 0 Å². The van der Waals surface area contributed by atoms with E-state index < -0.39 is 20.0 Å². The smallest absolute Gasteiger partial charge is 0.233 e. The zero-order chi connectivity index (χ0) is 24.7. The van der Waals surface area contributed by atoms with Crippen LogP contribution in [0, 0.1) is 0 Å². The van der Waals surface area contributed by atoms with E-state index in [2.05, 4.69) is 9.97 Å². The number of thiazole rings is 2. The van der Waals surface area contributed by atoms with Crippen molar-refractivity contribution in [2.45, 2.75) is 9.79 Å². The molecule has 2 aromatic heterocycles. The Morgan fingerprint density at radius 1 is 0.588 bits per heavy atom. The van der Waals surface area contributed by atoms with Crippen LogP contribution in [0.1, 0.15) is 0 Å². The lowest BCUT2D eigenvalue weighted by molar-refractivity contribution is 0.519. The largest absolute Gasteiger partial charge is 0.242 e. The topological polar surface area (TPSA) is 101 Å². The van der Waals surface area contributed by atoms with Gasteiger partial charge in [-0.15, -0.1) is 22.7 Å². The Hall–Kier alpha value is -2.48. The maximum absolute atomic E-state index is 12.3. The van der Waals surface area contributed by atoms with E-state index in [0.717, 1.165) is 32.5 Å². The molecule has 2 heterocycles. The fourth-order valence-electron chi connectivity index (χ4n) is 3.03. The molecule has 2 aromatic carbocycles. The summed E-state index contributed by atoms with van der Waals surface area (Å²) in [5.41, 5.74) is 3.11. The van der Waals surface area contributed by atoms with Crippen LogP contribution in [-0.4, -0.2) is 63.6 Å². The van der Waals surface area contributed by atoms with E-state index in [1.807, 2.05) is 10.8 Å². The third-order valence-corrected chi connectivity index (χ3v) is 10.5. The average Bonchev–Trinajstić information content (AvgIpc) is 3.49. The summed E-state index contributed by atoms with van der Waals surface area (Å²) in [6.07, 6.45) is 0. The zero-order valence-electron chi connectivity index (χ0n) is 18.8. The van der Waals surface area contributed by atoms with Gasteiger partial charge in [0.2, 0.25) is 20.0 Å². The first-order valence-corrected chi connectivity index (χ1v) is 14.6. The highest BCUT2D eigenvalue weighted by atomic mass is 32.2. The molecule has 0 aliphatic heterocycles. The Bertz CT molecular complexity index is 1400. The van der Waals surface area contributed by atoms with E-state index in [1.165, 1.54) is 59.5 Å². The molecule has 12 heteroatoms. The lowest BCUT2D eigenvalue weighted by atomic mass is 10.2. The van der Waals surface area contributed by atoms with E-state index in [1.54, 1.807) is 48.5 Å². The van der Waals surface area contributed by atoms with Gasteiger partial charge in [-0.3, -0.25) is 0 Å². The lowest BCUT2D eigenvalue weighted by Gasteiger charge is -2.11. The third kappa shape index (κ3) is 4.69. The highest BCUT2D eigenvalue weighted by molar-refractivity contribution is 7.89. The summed E-state index contributed by atoms with van der Waals surface area (Å²) in [7, 11) is -0.969. The minimum atomic E-state index is -3.48. The first-order chi connectivity index (χ1) is 16.0. The molecule has 0 aliphatic carbocycles. The molecule has 0 radical (unpaired) electrons. The molecule has 0 saturated heterocycles. The Balaban J connectivity index is 1.55. The quantitative estimate of drug-likeness (QED) is 0.354. The number of nitrogens with zero attached hydrogens (tertiary/aromatic N) is 4. The second-order valence-electron chi connectivity index (χ2n) is 7.70. The zero-order valence-corrected chi connectivity index (χ0v) is 22.1. The van der Waals surface area contributed by atoms with Crippen LogP contribution in [0.15, 0.2) is 69.1 Å². The predicted molar refractivity (Wildman–Crippen MR) is 136 cm³/mol. The highest BCUT2D eigenvalue weighted by Gasteiger charge is 2.19. The number of rotatable bonds is 7. The molecule has 178 valence electrons. The van der Waals surface area contributed by atoms with Crippen molar-refractivity contribution in [1.82, 2.24) is 18.6 Å². The molecule has 8 nitrogen and oxygen atoms in total. The molecule has 0 bridgehead atoms. The normalized spacial score (nSPS) is 12.5. The Morgan fingerprint density at radius 3 is 1.21 bits per heavy atom. The fourth-order valence-corrected chi connectivity index (χ4v) is 6.54. The molecule has 4 rings (SSSR count). The van der Waals surface area contributed by atoms with Crippen LogP contribution < -0.4 is 0 Å². The van der Waals surface area contributed by atoms with Crippen LogP contribution in [0.25, 0.3) is 32.5 Å². The van der Waals surface area contributed by atoms with Crippen molar-refractivity contribution >= 4 is 42.7 Å². The summed E-state index contributed by atoms with van der Waals surface area (Å²) < 4.78 is 51.4. The van der Waals surface area contributed by atoms with Crippen molar-refractivity contribution in [3.8, 4) is 32.5 Å². The third-order valence-electron chi connectivity index (χ3n) is 5.05. The van der Waals surface area contributed by atoms with Crippen LogP contribution in [0.5, 0.6) is 0 Å². The van der Waals surface area contributed by atoms with Crippen molar-refractivity contribution in [3.05, 3.63) is 59.3 Å². The minimum Gasteiger partial charge on any atom is -0.233 e. The van der Waals surface area contributed by atoms with Gasteiger partial charge in [-0.25, -0.2) is 35.4 Å². The van der Waals surface area contributed by atoms with E-state index in [9.17, 15) is 16.8 Å². The highest BCUT2D eigenvalue weighted by Crippen LogP contribution is 2.34. The molecule has 0 spiro atoms. The molecule has 0 N–H and O–H groups in total. The number of aromatic nitrogens is 2. The van der Waals surface area contributed by atoms with E-state index in [-0.39, 0.29) is 9.79 Å². The van der Waals surface area contributed by atoms with E-state index in [4.69, 9.17) is 0 Å². The van der Waals surface area contributed by atoms with Crippen LogP contribution in [-0.2, 0) is 20.0 Å². The number of benzene rings is 2. The number of hydrogen-bond donors (Lipinski definition) is 0. The molecule has 34 heavy (non-hydrogen) atoms. The maximum Gasteiger partial charge on any atom is 0.242 e. The summed E-state index contributed by atoms with van der Waals surface area (Å²) in [5.74, 6) is 0. The minimum absolute atomic E-state index is 0.227. The average molecular weight is 535 g/mol. The first-order valence-electron chi connectivity index (χ1n) is 9.97. The van der Waals surface area contributed by atoms with Gasteiger partial charge in [-0.2, -0.15) is 0 Å². The molecule has 0 amide bonds. The molecule has 0 saturated carbocycles. The molecular formula is C22H22N4O4S4. The van der Waals surface area contributed by atoms with Gasteiger partial charge in [0.25, 0.3) is 0 Å². The van der Waals surface area contributed by atoms with Gasteiger partial charge in [0.1, 0.15) is 0 Å². The van der Waals surface area contributed by atoms with Crippen molar-refractivity contribution in [2.24, 2.45) is 0 Å². The first kappa shape index (κ1) is 24.6. The number of hydrogen-bond acceptors (Lipinski definition) is 8. The van der Waals surface area contributed by atoms with E-state index >= 15 is 0 Å². The number of sulfonamides is 2. The predicted octanol–water partition coefficient (Wildman–Crippen LogP) is 4.10. The molecule has 0 fully saturated rings. The van der Waals surface area contributed by atoms with Gasteiger partial charge in [-0.1, -0.05) is 24.3 Å². The molecule has 0 aliphatic rings. The van der Waals surface area contributed by atoms with Gasteiger partial charge in [0.05, 0.1) is 21.2 Å². The van der Waals surface area contributed by atoms with Gasteiger partial charge in [-0.05, 0) is 24.3 Å². The van der Waals surface area contributed by atoms with Gasteiger partial charge in [0, 0.05) is 50.1 Å². The van der Waals surface area contributed by atoms with Crippen molar-refractivity contribution in [1.29, 1.82) is 0 Å². The second-order valence-corrected chi connectivity index (χ2v) is 13.7. The van der Waals surface area contributed by atoms with E-state index in [0.29, 0.717) is 0 Å². The Labute approximate surface area is 207 Å². The van der Waals surface area contributed by atoms with Gasteiger partial charge < -0.3 is 0 Å². The van der Waals surface area contributed by atoms with Crippen LogP contribution in [0.4, 0.5) is 0 Å². The van der Waals surface area contributed by atoms with Crippen molar-refractivity contribution in [2.75, 3.05) is 28.2 Å². The standard InChI is InChI=1S/C22H22N4O4S4/c1-25(2)33(27,28)17-9-5-15(6-10-17)19-13-31-21(23-19)22-24-20(14-32-22)16-7-11-18(12-8-16)34(29,30)26(3)4/h5-14H,1-4H3. The SMILES string of the molecule is CN(C)S(=O)(=O)c1ccc(-c2csc(-c3nc(-c4ccc(S(=O)(=O)N(C)C)cc4)cs3)n2)cc1. The lowest BCUT2D eigenvalue weighted by Crippen LogP contribution is -2.22. The summed E-state index contributed by atoms with van der Waals surface area (Å²) >= 11 is 2.91.